The molecule has 0 amide bonds. The van der Waals surface area contributed by atoms with Crippen LogP contribution in [0.15, 0.2) is 42.7 Å². The van der Waals surface area contributed by atoms with Crippen LogP contribution in [0, 0.1) is 0 Å². The molecule has 0 bridgehead atoms. The van der Waals surface area contributed by atoms with Crippen molar-refractivity contribution < 1.29 is 17.9 Å². The van der Waals surface area contributed by atoms with Gasteiger partial charge in [-0.3, -0.25) is 4.98 Å². The molecule has 9 heteroatoms. The highest BCUT2D eigenvalue weighted by Gasteiger charge is 2.32. The molecule has 6 nitrogen and oxygen atoms in total. The normalized spacial score (nSPS) is 18.3. The quantitative estimate of drug-likeness (QED) is 0.625. The second kappa shape index (κ2) is 7.79. The summed E-state index contributed by atoms with van der Waals surface area (Å²) in [4.78, 5) is 19.9. The number of hydrogen-bond acceptors (Lipinski definition) is 6. The third kappa shape index (κ3) is 4.04. The van der Waals surface area contributed by atoms with Gasteiger partial charge in [-0.2, -0.15) is 13.2 Å². The zero-order chi connectivity index (χ0) is 21.4. The first kappa shape index (κ1) is 19.7. The minimum atomic E-state index is -4.41. The maximum Gasteiger partial charge on any atom is 0.417 e. The lowest BCUT2D eigenvalue weighted by molar-refractivity contribution is -0.137. The minimum absolute atomic E-state index is 0.172. The smallest absolute Gasteiger partial charge is 0.417 e. The van der Waals surface area contributed by atoms with Crippen molar-refractivity contribution in [3.63, 3.8) is 0 Å². The Bertz CT molecular complexity index is 1070. The Hall–Kier alpha value is -3.23. The van der Waals surface area contributed by atoms with E-state index in [0.29, 0.717) is 12.4 Å². The van der Waals surface area contributed by atoms with Crippen molar-refractivity contribution >= 4 is 5.82 Å². The lowest BCUT2D eigenvalue weighted by Crippen LogP contribution is -2.27. The molecule has 0 spiro atoms. The summed E-state index contributed by atoms with van der Waals surface area (Å²) in [6.45, 7) is 1.34. The summed E-state index contributed by atoms with van der Waals surface area (Å²) in [6.07, 6.45) is 1.60. The van der Waals surface area contributed by atoms with Crippen LogP contribution in [0.25, 0.3) is 11.5 Å². The fourth-order valence-electron chi connectivity index (χ4n) is 4.09. The number of anilines is 1. The van der Waals surface area contributed by atoms with Crippen molar-refractivity contribution in [2.75, 3.05) is 18.0 Å². The van der Waals surface area contributed by atoms with Gasteiger partial charge in [-0.05, 0) is 37.5 Å². The van der Waals surface area contributed by atoms with E-state index in [2.05, 4.69) is 14.9 Å². The van der Waals surface area contributed by atoms with Gasteiger partial charge in [0.25, 0.3) is 0 Å². The van der Waals surface area contributed by atoms with Crippen LogP contribution in [-0.4, -0.2) is 39.1 Å². The Morgan fingerprint density at radius 2 is 1.94 bits per heavy atom. The van der Waals surface area contributed by atoms with Gasteiger partial charge in [-0.15, -0.1) is 0 Å². The first-order valence-corrected chi connectivity index (χ1v) is 10.2. The van der Waals surface area contributed by atoms with Crippen LogP contribution in [0.1, 0.15) is 29.7 Å². The third-order valence-electron chi connectivity index (χ3n) is 5.60. The molecule has 3 aromatic heterocycles. The van der Waals surface area contributed by atoms with Crippen molar-refractivity contribution in [2.24, 2.45) is 0 Å². The van der Waals surface area contributed by atoms with Gasteiger partial charge < -0.3 is 9.64 Å². The lowest BCUT2D eigenvalue weighted by atomic mass is 10.2. The molecule has 1 unspecified atom stereocenters. The molecule has 2 aliphatic rings. The van der Waals surface area contributed by atoms with E-state index in [9.17, 15) is 13.2 Å². The van der Waals surface area contributed by atoms with Crippen LogP contribution < -0.4 is 9.64 Å². The van der Waals surface area contributed by atoms with Gasteiger partial charge in [0.15, 0.2) is 5.82 Å². The summed E-state index contributed by atoms with van der Waals surface area (Å²) >= 11 is 0. The molecular weight excluding hydrogens is 407 g/mol. The zero-order valence-corrected chi connectivity index (χ0v) is 16.6. The lowest BCUT2D eigenvalue weighted by Gasteiger charge is -2.21. The highest BCUT2D eigenvalue weighted by atomic mass is 19.4. The highest BCUT2D eigenvalue weighted by molar-refractivity contribution is 5.59. The van der Waals surface area contributed by atoms with Crippen LogP contribution in [0.5, 0.6) is 5.88 Å². The molecule has 0 aromatic carbocycles. The van der Waals surface area contributed by atoms with E-state index in [4.69, 9.17) is 14.7 Å². The van der Waals surface area contributed by atoms with Gasteiger partial charge in [-0.1, -0.05) is 6.07 Å². The largest absolute Gasteiger partial charge is 0.472 e. The van der Waals surface area contributed by atoms with E-state index in [-0.39, 0.29) is 12.0 Å². The van der Waals surface area contributed by atoms with Crippen LogP contribution in [0.4, 0.5) is 19.0 Å². The van der Waals surface area contributed by atoms with Crippen molar-refractivity contribution in [1.82, 2.24) is 19.9 Å². The maximum absolute atomic E-state index is 12.7. The zero-order valence-electron chi connectivity index (χ0n) is 16.6. The Labute approximate surface area is 177 Å². The number of fused-ring (bicyclic) bond motifs is 1. The van der Waals surface area contributed by atoms with Crippen LogP contribution in [-0.2, 0) is 19.0 Å². The third-order valence-corrected chi connectivity index (χ3v) is 5.60. The molecule has 4 heterocycles. The molecule has 1 fully saturated rings. The summed E-state index contributed by atoms with van der Waals surface area (Å²) in [5.74, 6) is 1.72. The second-order valence-corrected chi connectivity index (χ2v) is 7.72. The van der Waals surface area contributed by atoms with Gasteiger partial charge in [0.1, 0.15) is 17.6 Å². The molecule has 0 N–H and O–H groups in total. The Morgan fingerprint density at radius 1 is 1.03 bits per heavy atom. The van der Waals surface area contributed by atoms with Crippen LogP contribution in [0.3, 0.4) is 0 Å². The SMILES string of the molecule is FC(F)(F)c1ccc(OC2CCN(c3nc(-c4ccccn4)nc4c3CCC4)C2)nc1. The van der Waals surface area contributed by atoms with Crippen molar-refractivity contribution in [1.29, 1.82) is 0 Å². The molecule has 1 saturated heterocycles. The highest BCUT2D eigenvalue weighted by Crippen LogP contribution is 2.33. The summed E-state index contributed by atoms with van der Waals surface area (Å²) < 4.78 is 44.0. The van der Waals surface area contributed by atoms with E-state index in [1.807, 2.05) is 18.2 Å². The number of alkyl halides is 3. The number of halogens is 3. The standard InChI is InChI=1S/C22H20F3N5O/c23-22(24,25)14-7-8-19(27-12-14)31-15-9-11-30(13-15)21-16-4-3-6-17(16)28-20(29-21)18-5-1-2-10-26-18/h1-2,5,7-8,10,12,15H,3-4,6,9,11,13H2. The van der Waals surface area contributed by atoms with Gasteiger partial charge >= 0.3 is 6.18 Å². The predicted molar refractivity (Wildman–Crippen MR) is 108 cm³/mol. The van der Waals surface area contributed by atoms with Gasteiger partial charge in [0.05, 0.1) is 12.1 Å². The number of nitrogens with zero attached hydrogens (tertiary/aromatic N) is 5. The topological polar surface area (TPSA) is 64.0 Å². The summed E-state index contributed by atoms with van der Waals surface area (Å²) in [7, 11) is 0. The van der Waals surface area contributed by atoms with Crippen molar-refractivity contribution in [3.05, 3.63) is 59.5 Å². The van der Waals surface area contributed by atoms with Gasteiger partial charge in [-0.25, -0.2) is 15.0 Å². The van der Waals surface area contributed by atoms with Crippen LogP contribution in [0.2, 0.25) is 0 Å². The summed E-state index contributed by atoms with van der Waals surface area (Å²) in [5.41, 5.74) is 2.19. The predicted octanol–water partition coefficient (Wildman–Crippen LogP) is 4.10. The van der Waals surface area contributed by atoms with E-state index >= 15 is 0 Å². The summed E-state index contributed by atoms with van der Waals surface area (Å²) in [5, 5.41) is 0. The number of hydrogen-bond donors (Lipinski definition) is 0. The monoisotopic (exact) mass is 427 g/mol. The van der Waals surface area contributed by atoms with E-state index in [1.165, 1.54) is 11.6 Å². The fraction of sp³-hybridized carbons (Fsp3) is 0.364. The van der Waals surface area contributed by atoms with Gasteiger partial charge in [0, 0.05) is 42.7 Å². The Kier molecular flexibility index (Phi) is 4.95. The number of aromatic nitrogens is 4. The molecule has 0 radical (unpaired) electrons. The Morgan fingerprint density at radius 3 is 2.68 bits per heavy atom. The molecule has 160 valence electrons. The first-order valence-electron chi connectivity index (χ1n) is 10.2. The average molecular weight is 427 g/mol. The summed E-state index contributed by atoms with van der Waals surface area (Å²) in [6, 6.07) is 7.93. The molecule has 31 heavy (non-hydrogen) atoms. The first-order chi connectivity index (χ1) is 15.0. The van der Waals surface area contributed by atoms with Crippen LogP contribution >= 0.6 is 0 Å². The molecule has 1 atom stereocenters. The number of rotatable bonds is 4. The maximum atomic E-state index is 12.7. The number of ether oxygens (including phenoxy) is 1. The van der Waals surface area contributed by atoms with Crippen molar-refractivity contribution in [3.8, 4) is 17.4 Å². The van der Waals surface area contributed by atoms with Crippen molar-refractivity contribution in [2.45, 2.75) is 38.0 Å². The molecule has 3 aromatic rings. The molecule has 1 aliphatic carbocycles. The van der Waals surface area contributed by atoms with E-state index < -0.39 is 11.7 Å². The minimum Gasteiger partial charge on any atom is -0.472 e. The molecular formula is C22H20F3N5O. The average Bonchev–Trinajstić information content (AvgIpc) is 3.43. The molecule has 1 aliphatic heterocycles. The molecule has 5 rings (SSSR count). The number of aryl methyl sites for hydroxylation is 1. The second-order valence-electron chi connectivity index (χ2n) is 7.72. The fourth-order valence-corrected chi connectivity index (χ4v) is 4.09. The van der Waals surface area contributed by atoms with E-state index in [0.717, 1.165) is 61.7 Å². The van der Waals surface area contributed by atoms with E-state index in [1.54, 1.807) is 6.20 Å². The van der Waals surface area contributed by atoms with Gasteiger partial charge in [0.2, 0.25) is 5.88 Å². The molecule has 0 saturated carbocycles. The number of pyridine rings is 2. The Balaban J connectivity index is 1.35.